The van der Waals surface area contributed by atoms with E-state index in [2.05, 4.69) is 10.1 Å². The lowest BCUT2D eigenvalue weighted by Crippen LogP contribution is -2.09. The second kappa shape index (κ2) is 5.15. The number of hydrogen-bond donors (Lipinski definition) is 1. The number of nitrogen functional groups attached to an aromatic ring is 1. The van der Waals surface area contributed by atoms with E-state index in [1.807, 2.05) is 13.8 Å². The Balaban J connectivity index is 2.58. The lowest BCUT2D eigenvalue weighted by molar-refractivity contribution is -0.137. The Morgan fingerprint density at radius 3 is 2.40 bits per heavy atom. The number of alkyl halides is 3. The highest BCUT2D eigenvalue weighted by atomic mass is 19.4. The van der Waals surface area contributed by atoms with E-state index < -0.39 is 11.7 Å². The van der Waals surface area contributed by atoms with Crippen molar-refractivity contribution in [3.05, 3.63) is 35.4 Å². The third-order valence-corrected chi connectivity index (χ3v) is 2.86. The lowest BCUT2D eigenvalue weighted by atomic mass is 10.1. The van der Waals surface area contributed by atoms with Gasteiger partial charge in [-0.3, -0.25) is 0 Å². The third-order valence-electron chi connectivity index (χ3n) is 2.86. The summed E-state index contributed by atoms with van der Waals surface area (Å²) in [6.45, 7) is 3.76. The van der Waals surface area contributed by atoms with Crippen LogP contribution in [0.25, 0.3) is 5.69 Å². The number of halogens is 3. The first-order valence-electron chi connectivity index (χ1n) is 6.28. The Morgan fingerprint density at radius 2 is 1.85 bits per heavy atom. The van der Waals surface area contributed by atoms with Crippen molar-refractivity contribution < 1.29 is 13.2 Å². The van der Waals surface area contributed by atoms with Gasteiger partial charge in [-0.05, 0) is 18.2 Å². The first-order chi connectivity index (χ1) is 9.35. The third kappa shape index (κ3) is 2.76. The van der Waals surface area contributed by atoms with E-state index in [4.69, 9.17) is 5.73 Å². The van der Waals surface area contributed by atoms with Gasteiger partial charge in [0.1, 0.15) is 5.82 Å². The highest BCUT2D eigenvalue weighted by molar-refractivity contribution is 5.51. The van der Waals surface area contributed by atoms with Crippen LogP contribution in [0.3, 0.4) is 0 Å². The molecule has 0 amide bonds. The molecule has 20 heavy (non-hydrogen) atoms. The van der Waals surface area contributed by atoms with E-state index in [-0.39, 0.29) is 11.4 Å². The fourth-order valence-corrected chi connectivity index (χ4v) is 1.90. The highest BCUT2D eigenvalue weighted by Gasteiger charge is 2.31. The minimum Gasteiger partial charge on any atom is -0.399 e. The van der Waals surface area contributed by atoms with Gasteiger partial charge in [0.05, 0.1) is 11.3 Å². The van der Waals surface area contributed by atoms with Crippen LogP contribution in [0.15, 0.2) is 18.2 Å². The molecular weight excluding hydrogens is 269 g/mol. The summed E-state index contributed by atoms with van der Waals surface area (Å²) in [5.74, 6) is 1.21. The van der Waals surface area contributed by atoms with Gasteiger partial charge in [0.25, 0.3) is 0 Å². The number of aryl methyl sites for hydroxylation is 2. The van der Waals surface area contributed by atoms with Gasteiger partial charge in [0.2, 0.25) is 0 Å². The minimum atomic E-state index is -4.44. The molecule has 0 fully saturated rings. The summed E-state index contributed by atoms with van der Waals surface area (Å²) in [6.07, 6.45) is -3.25. The molecule has 4 nitrogen and oxygen atoms in total. The number of anilines is 1. The molecule has 0 saturated heterocycles. The maximum atomic E-state index is 12.8. The van der Waals surface area contributed by atoms with E-state index in [1.54, 1.807) is 0 Å². The fraction of sp³-hybridized carbons (Fsp3) is 0.385. The number of nitrogens with two attached hydrogens (primary N) is 1. The standard InChI is InChI=1S/C13H15F3N4/c1-3-11-18-12(4-2)20(19-11)10-6-8(13(14,15)16)5-9(17)7-10/h5-7H,3-4,17H2,1-2H3. The Labute approximate surface area is 114 Å². The quantitative estimate of drug-likeness (QED) is 0.881. The summed E-state index contributed by atoms with van der Waals surface area (Å²) < 4.78 is 39.9. The number of rotatable bonds is 3. The fourth-order valence-electron chi connectivity index (χ4n) is 1.90. The molecule has 0 aliphatic rings. The van der Waals surface area contributed by atoms with Crippen LogP contribution in [-0.2, 0) is 19.0 Å². The van der Waals surface area contributed by atoms with Gasteiger partial charge >= 0.3 is 6.18 Å². The van der Waals surface area contributed by atoms with Crippen LogP contribution in [0.1, 0.15) is 31.1 Å². The Hall–Kier alpha value is -2.05. The molecule has 0 radical (unpaired) electrons. The molecule has 108 valence electrons. The predicted molar refractivity (Wildman–Crippen MR) is 69.5 cm³/mol. The highest BCUT2D eigenvalue weighted by Crippen LogP contribution is 2.32. The topological polar surface area (TPSA) is 56.7 Å². The molecule has 0 bridgehead atoms. The Morgan fingerprint density at radius 1 is 1.15 bits per heavy atom. The van der Waals surface area contributed by atoms with Gasteiger partial charge in [-0.15, -0.1) is 0 Å². The molecule has 1 aromatic carbocycles. The summed E-state index contributed by atoms with van der Waals surface area (Å²) in [7, 11) is 0. The number of benzene rings is 1. The molecule has 1 aromatic heterocycles. The van der Waals surface area contributed by atoms with Crippen LogP contribution in [0.5, 0.6) is 0 Å². The van der Waals surface area contributed by atoms with E-state index >= 15 is 0 Å². The molecule has 2 rings (SSSR count). The molecule has 0 aliphatic carbocycles. The zero-order valence-electron chi connectivity index (χ0n) is 11.2. The van der Waals surface area contributed by atoms with E-state index in [1.165, 1.54) is 10.7 Å². The largest absolute Gasteiger partial charge is 0.416 e. The summed E-state index contributed by atoms with van der Waals surface area (Å²) in [4.78, 5) is 4.27. The van der Waals surface area contributed by atoms with E-state index in [0.29, 0.717) is 24.5 Å². The maximum Gasteiger partial charge on any atom is 0.416 e. The van der Waals surface area contributed by atoms with Crippen LogP contribution >= 0.6 is 0 Å². The summed E-state index contributed by atoms with van der Waals surface area (Å²) in [6, 6.07) is 3.40. The molecule has 7 heteroatoms. The van der Waals surface area contributed by atoms with Crippen LogP contribution in [0.4, 0.5) is 18.9 Å². The van der Waals surface area contributed by atoms with Gasteiger partial charge < -0.3 is 5.73 Å². The summed E-state index contributed by atoms with van der Waals surface area (Å²) >= 11 is 0. The van der Waals surface area contributed by atoms with Gasteiger partial charge in [-0.1, -0.05) is 13.8 Å². The van der Waals surface area contributed by atoms with Gasteiger partial charge in [0, 0.05) is 18.5 Å². The monoisotopic (exact) mass is 284 g/mol. The minimum absolute atomic E-state index is 0.0467. The Kier molecular flexibility index (Phi) is 3.69. The molecule has 0 atom stereocenters. The van der Waals surface area contributed by atoms with Gasteiger partial charge in [0.15, 0.2) is 5.82 Å². The van der Waals surface area contributed by atoms with Crippen molar-refractivity contribution >= 4 is 5.69 Å². The SMILES string of the molecule is CCc1nc(CC)n(-c2cc(N)cc(C(F)(F)F)c2)n1. The lowest BCUT2D eigenvalue weighted by Gasteiger charge is -2.11. The normalized spacial score (nSPS) is 11.8. The van der Waals surface area contributed by atoms with Crippen molar-refractivity contribution in [3.8, 4) is 5.69 Å². The summed E-state index contributed by atoms with van der Waals surface area (Å²) in [5, 5.41) is 4.22. The molecule has 1 heterocycles. The average Bonchev–Trinajstić information content (AvgIpc) is 2.80. The molecule has 0 unspecified atom stereocenters. The van der Waals surface area contributed by atoms with Crippen molar-refractivity contribution in [2.24, 2.45) is 0 Å². The zero-order valence-corrected chi connectivity index (χ0v) is 11.2. The van der Waals surface area contributed by atoms with Crippen molar-refractivity contribution in [1.29, 1.82) is 0 Å². The average molecular weight is 284 g/mol. The smallest absolute Gasteiger partial charge is 0.399 e. The molecule has 2 aromatic rings. The van der Waals surface area contributed by atoms with E-state index in [0.717, 1.165) is 12.1 Å². The first kappa shape index (κ1) is 14.4. The second-order valence-electron chi connectivity index (χ2n) is 4.37. The van der Waals surface area contributed by atoms with Crippen molar-refractivity contribution in [3.63, 3.8) is 0 Å². The van der Waals surface area contributed by atoms with Crippen LogP contribution < -0.4 is 5.73 Å². The molecule has 0 saturated carbocycles. The Bertz CT molecular complexity index is 617. The van der Waals surface area contributed by atoms with Crippen LogP contribution in [-0.4, -0.2) is 14.8 Å². The predicted octanol–water partition coefficient (Wildman–Crippen LogP) is 2.99. The van der Waals surface area contributed by atoms with E-state index in [9.17, 15) is 13.2 Å². The van der Waals surface area contributed by atoms with Crippen LogP contribution in [0.2, 0.25) is 0 Å². The second-order valence-corrected chi connectivity index (χ2v) is 4.37. The molecule has 0 aliphatic heterocycles. The molecule has 2 N–H and O–H groups in total. The van der Waals surface area contributed by atoms with Gasteiger partial charge in [-0.25, -0.2) is 9.67 Å². The molecule has 0 spiro atoms. The maximum absolute atomic E-state index is 12.8. The number of hydrogen-bond acceptors (Lipinski definition) is 3. The first-order valence-corrected chi connectivity index (χ1v) is 6.28. The molecular formula is C13H15F3N4. The van der Waals surface area contributed by atoms with Crippen molar-refractivity contribution in [1.82, 2.24) is 14.8 Å². The van der Waals surface area contributed by atoms with Crippen molar-refractivity contribution in [2.75, 3.05) is 5.73 Å². The zero-order chi connectivity index (χ0) is 14.9. The van der Waals surface area contributed by atoms with Crippen LogP contribution in [0, 0.1) is 0 Å². The number of aromatic nitrogens is 3. The number of nitrogens with zero attached hydrogens (tertiary/aromatic N) is 3. The summed E-state index contributed by atoms with van der Waals surface area (Å²) in [5.41, 5.74) is 5.10. The van der Waals surface area contributed by atoms with Gasteiger partial charge in [-0.2, -0.15) is 18.3 Å². The van der Waals surface area contributed by atoms with Crippen molar-refractivity contribution in [2.45, 2.75) is 32.9 Å².